The first-order valence-electron chi connectivity index (χ1n) is 3.75. The molecule has 0 radical (unpaired) electrons. The van der Waals surface area contributed by atoms with E-state index in [2.05, 4.69) is 12.6 Å². The summed E-state index contributed by atoms with van der Waals surface area (Å²) in [6.45, 7) is 3.60. The molecule has 0 amide bonds. The quantitative estimate of drug-likeness (QED) is 0.635. The van der Waals surface area contributed by atoms with Gasteiger partial charge in [0.2, 0.25) is 0 Å². The molecule has 0 N–H and O–H groups in total. The lowest BCUT2D eigenvalue weighted by Gasteiger charge is -2.23. The Morgan fingerprint density at radius 3 is 2.27 bits per heavy atom. The molecule has 4 heteroatoms. The van der Waals surface area contributed by atoms with Crippen LogP contribution in [0, 0.1) is 5.92 Å². The van der Waals surface area contributed by atoms with Crippen LogP contribution in [0.25, 0.3) is 0 Å². The average Bonchev–Trinajstić information content (AvgIpc) is 2.05. The second-order valence-electron chi connectivity index (χ2n) is 3.59. The topological polar surface area (TPSA) is 34.1 Å². The standard InChI is InChI=1S/C7H14O2S2/c1-7(2)6(5-10)3-4-11(7,8)9/h6,10H,3-5H2,1-2H3. The van der Waals surface area contributed by atoms with Crippen molar-refractivity contribution in [3.05, 3.63) is 0 Å². The van der Waals surface area contributed by atoms with E-state index >= 15 is 0 Å². The molecule has 1 heterocycles. The molecular weight excluding hydrogens is 180 g/mol. The molecule has 1 fully saturated rings. The molecule has 0 aliphatic carbocycles. The summed E-state index contributed by atoms with van der Waals surface area (Å²) < 4.78 is 22.3. The molecule has 1 aliphatic heterocycles. The van der Waals surface area contributed by atoms with Gasteiger partial charge in [0.25, 0.3) is 0 Å². The van der Waals surface area contributed by atoms with Crippen LogP contribution in [0.4, 0.5) is 0 Å². The molecule has 0 saturated carbocycles. The van der Waals surface area contributed by atoms with E-state index in [0.29, 0.717) is 11.5 Å². The number of hydrogen-bond donors (Lipinski definition) is 1. The molecule has 66 valence electrons. The number of hydrogen-bond acceptors (Lipinski definition) is 3. The Morgan fingerprint density at radius 1 is 1.55 bits per heavy atom. The lowest BCUT2D eigenvalue weighted by molar-refractivity contribution is 0.463. The largest absolute Gasteiger partial charge is 0.228 e. The van der Waals surface area contributed by atoms with Gasteiger partial charge < -0.3 is 0 Å². The van der Waals surface area contributed by atoms with E-state index in [-0.39, 0.29) is 5.92 Å². The van der Waals surface area contributed by atoms with Gasteiger partial charge >= 0.3 is 0 Å². The third kappa shape index (κ3) is 1.31. The van der Waals surface area contributed by atoms with Crippen molar-refractivity contribution in [3.63, 3.8) is 0 Å². The average molecular weight is 194 g/mol. The second-order valence-corrected chi connectivity index (χ2v) is 6.65. The van der Waals surface area contributed by atoms with Crippen molar-refractivity contribution in [2.45, 2.75) is 25.0 Å². The van der Waals surface area contributed by atoms with Crippen molar-refractivity contribution in [1.82, 2.24) is 0 Å². The summed E-state index contributed by atoms with van der Waals surface area (Å²) >= 11 is 4.14. The third-order valence-electron chi connectivity index (χ3n) is 2.74. The summed E-state index contributed by atoms with van der Waals surface area (Å²) in [5.41, 5.74) is 0. The fourth-order valence-corrected chi connectivity index (χ4v) is 4.07. The van der Waals surface area contributed by atoms with E-state index in [1.54, 1.807) is 13.8 Å². The summed E-state index contributed by atoms with van der Waals surface area (Å²) in [5, 5.41) is 0. The minimum atomic E-state index is -2.83. The van der Waals surface area contributed by atoms with E-state index in [0.717, 1.165) is 6.42 Å². The summed E-state index contributed by atoms with van der Waals surface area (Å²) in [6.07, 6.45) is 0.777. The van der Waals surface area contributed by atoms with E-state index in [4.69, 9.17) is 0 Å². The minimum Gasteiger partial charge on any atom is -0.228 e. The van der Waals surface area contributed by atoms with Gasteiger partial charge in [0.15, 0.2) is 9.84 Å². The zero-order valence-corrected chi connectivity index (χ0v) is 8.58. The molecule has 0 bridgehead atoms. The van der Waals surface area contributed by atoms with Crippen LogP contribution in [0.1, 0.15) is 20.3 Å². The zero-order chi connectivity index (χ0) is 8.70. The highest BCUT2D eigenvalue weighted by atomic mass is 32.2. The first kappa shape index (κ1) is 9.39. The fraction of sp³-hybridized carbons (Fsp3) is 1.00. The Labute approximate surface area is 73.7 Å². The van der Waals surface area contributed by atoms with Gasteiger partial charge in [-0.1, -0.05) is 0 Å². The SMILES string of the molecule is CC1(C)C(CS)CCS1(=O)=O. The molecule has 1 unspecified atom stereocenters. The summed E-state index contributed by atoms with van der Waals surface area (Å²) in [7, 11) is -2.83. The Balaban J connectivity index is 3.00. The molecule has 0 aromatic heterocycles. The highest BCUT2D eigenvalue weighted by Gasteiger charge is 2.46. The van der Waals surface area contributed by atoms with Crippen LogP contribution in [0.15, 0.2) is 0 Å². The lowest BCUT2D eigenvalue weighted by atomic mass is 9.95. The van der Waals surface area contributed by atoms with Gasteiger partial charge in [-0.05, 0) is 31.9 Å². The zero-order valence-electron chi connectivity index (χ0n) is 6.87. The van der Waals surface area contributed by atoms with Crippen LogP contribution in [0.5, 0.6) is 0 Å². The molecule has 1 aliphatic rings. The maximum Gasteiger partial charge on any atom is 0.155 e. The molecule has 0 aromatic rings. The Kier molecular flexibility index (Phi) is 2.27. The van der Waals surface area contributed by atoms with Crippen molar-refractivity contribution in [3.8, 4) is 0 Å². The Hall–Kier alpha value is 0.300. The first-order valence-corrected chi connectivity index (χ1v) is 6.03. The van der Waals surface area contributed by atoms with Crippen LogP contribution in [-0.2, 0) is 9.84 Å². The molecule has 1 atom stereocenters. The number of rotatable bonds is 1. The number of sulfone groups is 1. The fourth-order valence-electron chi connectivity index (χ4n) is 1.47. The van der Waals surface area contributed by atoms with Gasteiger partial charge in [-0.25, -0.2) is 8.42 Å². The van der Waals surface area contributed by atoms with Gasteiger partial charge in [-0.15, -0.1) is 0 Å². The predicted molar refractivity (Wildman–Crippen MR) is 49.8 cm³/mol. The van der Waals surface area contributed by atoms with Crippen molar-refractivity contribution >= 4 is 22.5 Å². The van der Waals surface area contributed by atoms with Crippen molar-refractivity contribution in [1.29, 1.82) is 0 Å². The van der Waals surface area contributed by atoms with Crippen LogP contribution in [-0.4, -0.2) is 24.7 Å². The molecule has 11 heavy (non-hydrogen) atoms. The third-order valence-corrected chi connectivity index (χ3v) is 5.89. The summed E-state index contributed by atoms with van der Waals surface area (Å²) in [6, 6.07) is 0. The van der Waals surface area contributed by atoms with Gasteiger partial charge in [0.05, 0.1) is 10.5 Å². The molecule has 2 nitrogen and oxygen atoms in total. The molecular formula is C7H14O2S2. The predicted octanol–water partition coefficient (Wildman–Crippen LogP) is 1.13. The summed E-state index contributed by atoms with van der Waals surface area (Å²) in [4.78, 5) is 0. The minimum absolute atomic E-state index is 0.232. The Bertz CT molecular complexity index is 241. The van der Waals surface area contributed by atoms with Gasteiger partial charge in [0, 0.05) is 0 Å². The van der Waals surface area contributed by atoms with Gasteiger partial charge in [0.1, 0.15) is 0 Å². The highest BCUT2D eigenvalue weighted by molar-refractivity contribution is 7.93. The monoisotopic (exact) mass is 194 g/mol. The normalized spacial score (nSPS) is 33.9. The van der Waals surface area contributed by atoms with Gasteiger partial charge in [-0.3, -0.25) is 0 Å². The highest BCUT2D eigenvalue weighted by Crippen LogP contribution is 2.37. The maximum atomic E-state index is 11.4. The first-order chi connectivity index (χ1) is 4.92. The maximum absolute atomic E-state index is 11.4. The lowest BCUT2D eigenvalue weighted by Crippen LogP contribution is -2.34. The Morgan fingerprint density at radius 2 is 2.09 bits per heavy atom. The van der Waals surface area contributed by atoms with E-state index in [9.17, 15) is 8.42 Å². The van der Waals surface area contributed by atoms with Crippen LogP contribution < -0.4 is 0 Å². The molecule has 1 saturated heterocycles. The van der Waals surface area contributed by atoms with E-state index in [1.165, 1.54) is 0 Å². The van der Waals surface area contributed by atoms with Crippen molar-refractivity contribution in [2.75, 3.05) is 11.5 Å². The molecule has 1 rings (SSSR count). The molecule has 0 aromatic carbocycles. The van der Waals surface area contributed by atoms with Gasteiger partial charge in [-0.2, -0.15) is 12.6 Å². The second kappa shape index (κ2) is 2.66. The van der Waals surface area contributed by atoms with E-state index in [1.807, 2.05) is 0 Å². The summed E-state index contributed by atoms with van der Waals surface area (Å²) in [5.74, 6) is 1.24. The van der Waals surface area contributed by atoms with Crippen LogP contribution in [0.2, 0.25) is 0 Å². The van der Waals surface area contributed by atoms with E-state index < -0.39 is 14.6 Å². The smallest absolute Gasteiger partial charge is 0.155 e. The van der Waals surface area contributed by atoms with Crippen molar-refractivity contribution in [2.24, 2.45) is 5.92 Å². The van der Waals surface area contributed by atoms with Crippen LogP contribution >= 0.6 is 12.6 Å². The van der Waals surface area contributed by atoms with Crippen LogP contribution in [0.3, 0.4) is 0 Å². The van der Waals surface area contributed by atoms with Crippen molar-refractivity contribution < 1.29 is 8.42 Å². The molecule has 0 spiro atoms. The number of thiol groups is 1.